The Labute approximate surface area is 108 Å². The van der Waals surface area contributed by atoms with Crippen LogP contribution in [-0.2, 0) is 16.4 Å². The minimum absolute atomic E-state index is 0.0949. The fraction of sp³-hybridized carbons (Fsp3) is 0.500. The third kappa shape index (κ3) is 2.82. The zero-order valence-corrected chi connectivity index (χ0v) is 11.4. The Morgan fingerprint density at radius 1 is 1.44 bits per heavy atom. The summed E-state index contributed by atoms with van der Waals surface area (Å²) in [5.74, 6) is 0.789. The van der Waals surface area contributed by atoms with Gasteiger partial charge in [0, 0.05) is 19.0 Å². The monoisotopic (exact) mass is 270 g/mol. The van der Waals surface area contributed by atoms with Gasteiger partial charge in [0.2, 0.25) is 10.0 Å². The molecule has 18 heavy (non-hydrogen) atoms. The van der Waals surface area contributed by atoms with E-state index in [-0.39, 0.29) is 6.04 Å². The summed E-state index contributed by atoms with van der Waals surface area (Å²) in [5.41, 5.74) is 0.958. The van der Waals surface area contributed by atoms with Gasteiger partial charge in [-0.05, 0) is 37.7 Å². The number of rotatable bonds is 5. The standard InChI is InChI=1S/C12H18N2O3S/c1-9(13-2)8-14-18(15,16)11-3-4-12-10(7-11)5-6-17-12/h3-4,7,9,13-14H,5-6,8H2,1-2H3. The van der Waals surface area contributed by atoms with Gasteiger partial charge in [0.15, 0.2) is 0 Å². The quantitative estimate of drug-likeness (QED) is 0.818. The second-order valence-electron chi connectivity index (χ2n) is 4.41. The van der Waals surface area contributed by atoms with Gasteiger partial charge in [0.1, 0.15) is 5.75 Å². The molecule has 5 nitrogen and oxygen atoms in total. The van der Waals surface area contributed by atoms with Gasteiger partial charge in [0.05, 0.1) is 11.5 Å². The molecule has 0 saturated heterocycles. The van der Waals surface area contributed by atoms with Crippen LogP contribution in [0, 0.1) is 0 Å². The molecule has 2 rings (SSSR count). The van der Waals surface area contributed by atoms with Crippen molar-refractivity contribution < 1.29 is 13.2 Å². The maximum absolute atomic E-state index is 12.1. The number of hydrogen-bond acceptors (Lipinski definition) is 4. The molecule has 1 aromatic carbocycles. The van der Waals surface area contributed by atoms with E-state index in [1.807, 2.05) is 6.92 Å². The number of sulfonamides is 1. The second-order valence-corrected chi connectivity index (χ2v) is 6.18. The van der Waals surface area contributed by atoms with Crippen LogP contribution < -0.4 is 14.8 Å². The van der Waals surface area contributed by atoms with Gasteiger partial charge in [-0.25, -0.2) is 13.1 Å². The molecule has 1 heterocycles. The highest BCUT2D eigenvalue weighted by Gasteiger charge is 2.19. The molecule has 0 radical (unpaired) electrons. The number of fused-ring (bicyclic) bond motifs is 1. The van der Waals surface area contributed by atoms with Crippen LogP contribution in [0.25, 0.3) is 0 Å². The van der Waals surface area contributed by atoms with Crippen LogP contribution in [0.4, 0.5) is 0 Å². The molecule has 1 aliphatic heterocycles. The van der Waals surface area contributed by atoms with Crippen molar-refractivity contribution in [2.75, 3.05) is 20.2 Å². The van der Waals surface area contributed by atoms with Gasteiger partial charge in [-0.1, -0.05) is 0 Å². The summed E-state index contributed by atoms with van der Waals surface area (Å²) in [4.78, 5) is 0.301. The molecule has 1 atom stereocenters. The summed E-state index contributed by atoms with van der Waals surface area (Å²) in [5, 5.41) is 2.98. The van der Waals surface area contributed by atoms with E-state index < -0.39 is 10.0 Å². The predicted octanol–water partition coefficient (Wildman–Crippen LogP) is 0.508. The van der Waals surface area contributed by atoms with Gasteiger partial charge in [-0.3, -0.25) is 0 Å². The molecule has 1 aromatic rings. The van der Waals surface area contributed by atoms with Crippen molar-refractivity contribution in [2.24, 2.45) is 0 Å². The number of likely N-dealkylation sites (N-methyl/N-ethyl adjacent to an activating group) is 1. The van der Waals surface area contributed by atoms with Crippen molar-refractivity contribution in [1.29, 1.82) is 0 Å². The molecule has 0 fully saturated rings. The Balaban J connectivity index is 2.15. The van der Waals surface area contributed by atoms with E-state index in [4.69, 9.17) is 4.74 Å². The van der Waals surface area contributed by atoms with Gasteiger partial charge in [0.25, 0.3) is 0 Å². The van der Waals surface area contributed by atoms with E-state index in [1.165, 1.54) is 0 Å². The van der Waals surface area contributed by atoms with E-state index >= 15 is 0 Å². The van der Waals surface area contributed by atoms with Crippen molar-refractivity contribution >= 4 is 10.0 Å². The van der Waals surface area contributed by atoms with Gasteiger partial charge < -0.3 is 10.1 Å². The lowest BCUT2D eigenvalue weighted by Crippen LogP contribution is -2.37. The summed E-state index contributed by atoms with van der Waals surface area (Å²) in [7, 11) is -1.64. The smallest absolute Gasteiger partial charge is 0.240 e. The van der Waals surface area contributed by atoms with Crippen LogP contribution in [-0.4, -0.2) is 34.7 Å². The van der Waals surface area contributed by atoms with E-state index in [9.17, 15) is 8.42 Å². The van der Waals surface area contributed by atoms with Crippen LogP contribution in [0.3, 0.4) is 0 Å². The SMILES string of the molecule is CNC(C)CNS(=O)(=O)c1ccc2c(c1)CCO2. The Hall–Kier alpha value is -1.11. The van der Waals surface area contributed by atoms with Gasteiger partial charge in [-0.2, -0.15) is 0 Å². The lowest BCUT2D eigenvalue weighted by atomic mass is 10.2. The first kappa shape index (κ1) is 13.3. The van der Waals surface area contributed by atoms with Gasteiger partial charge in [-0.15, -0.1) is 0 Å². The lowest BCUT2D eigenvalue weighted by Gasteiger charge is -2.12. The molecule has 0 saturated carbocycles. The van der Waals surface area contributed by atoms with Crippen LogP contribution in [0.2, 0.25) is 0 Å². The average molecular weight is 270 g/mol. The van der Waals surface area contributed by atoms with Crippen molar-refractivity contribution in [2.45, 2.75) is 24.3 Å². The highest BCUT2D eigenvalue weighted by atomic mass is 32.2. The molecule has 0 bridgehead atoms. The Bertz CT molecular complexity index is 528. The summed E-state index contributed by atoms with van der Waals surface area (Å²) in [6.45, 7) is 2.91. The Kier molecular flexibility index (Phi) is 3.89. The number of hydrogen-bond donors (Lipinski definition) is 2. The van der Waals surface area contributed by atoms with E-state index in [0.29, 0.717) is 18.0 Å². The molecule has 0 aromatic heterocycles. The Morgan fingerprint density at radius 3 is 2.94 bits per heavy atom. The molecule has 0 spiro atoms. The minimum Gasteiger partial charge on any atom is -0.493 e. The molecule has 100 valence electrons. The number of benzene rings is 1. The van der Waals surface area contributed by atoms with Crippen molar-refractivity contribution in [3.8, 4) is 5.75 Å². The summed E-state index contributed by atoms with van der Waals surface area (Å²) >= 11 is 0. The third-order valence-corrected chi connectivity index (χ3v) is 4.46. The maximum Gasteiger partial charge on any atom is 0.240 e. The largest absolute Gasteiger partial charge is 0.493 e. The van der Waals surface area contributed by atoms with E-state index in [1.54, 1.807) is 25.2 Å². The van der Waals surface area contributed by atoms with E-state index in [2.05, 4.69) is 10.0 Å². The summed E-state index contributed by atoms with van der Waals surface area (Å²) < 4.78 is 32.1. The van der Waals surface area contributed by atoms with Crippen LogP contribution in [0.1, 0.15) is 12.5 Å². The zero-order chi connectivity index (χ0) is 13.2. The molecular weight excluding hydrogens is 252 g/mol. The fourth-order valence-corrected chi connectivity index (χ4v) is 2.93. The molecular formula is C12H18N2O3S. The molecule has 1 aliphatic rings. The molecule has 6 heteroatoms. The first-order chi connectivity index (χ1) is 8.53. The fourth-order valence-electron chi connectivity index (χ4n) is 1.75. The molecule has 0 aliphatic carbocycles. The van der Waals surface area contributed by atoms with Crippen LogP contribution in [0.5, 0.6) is 5.75 Å². The second kappa shape index (κ2) is 5.26. The summed E-state index contributed by atoms with van der Waals surface area (Å²) in [6, 6.07) is 5.08. The molecule has 1 unspecified atom stereocenters. The molecule has 0 amide bonds. The minimum atomic E-state index is -3.43. The van der Waals surface area contributed by atoms with Crippen molar-refractivity contribution in [3.63, 3.8) is 0 Å². The number of ether oxygens (including phenoxy) is 1. The average Bonchev–Trinajstić information content (AvgIpc) is 2.83. The first-order valence-corrected chi connectivity index (χ1v) is 7.44. The van der Waals surface area contributed by atoms with E-state index in [0.717, 1.165) is 17.7 Å². The zero-order valence-electron chi connectivity index (χ0n) is 10.6. The molecule has 2 N–H and O–H groups in total. The highest BCUT2D eigenvalue weighted by Crippen LogP contribution is 2.27. The van der Waals surface area contributed by atoms with Crippen molar-refractivity contribution in [3.05, 3.63) is 23.8 Å². The number of nitrogens with one attached hydrogen (secondary N) is 2. The van der Waals surface area contributed by atoms with Gasteiger partial charge >= 0.3 is 0 Å². The summed E-state index contributed by atoms with van der Waals surface area (Å²) in [6.07, 6.45) is 0.769. The van der Waals surface area contributed by atoms with Crippen LogP contribution in [0.15, 0.2) is 23.1 Å². The Morgan fingerprint density at radius 2 is 2.22 bits per heavy atom. The topological polar surface area (TPSA) is 67.4 Å². The third-order valence-electron chi connectivity index (χ3n) is 3.04. The van der Waals surface area contributed by atoms with Crippen LogP contribution >= 0.6 is 0 Å². The van der Waals surface area contributed by atoms with Crippen molar-refractivity contribution in [1.82, 2.24) is 10.0 Å². The highest BCUT2D eigenvalue weighted by molar-refractivity contribution is 7.89. The first-order valence-electron chi connectivity index (χ1n) is 5.95. The predicted molar refractivity (Wildman–Crippen MR) is 69.4 cm³/mol. The lowest BCUT2D eigenvalue weighted by molar-refractivity contribution is 0.356. The maximum atomic E-state index is 12.1. The normalized spacial score (nSPS) is 16.1.